The van der Waals surface area contributed by atoms with Gasteiger partial charge < -0.3 is 14.2 Å². The van der Waals surface area contributed by atoms with Crippen molar-refractivity contribution in [3.8, 4) is 17.2 Å². The molecule has 0 heterocycles. The zero-order valence-corrected chi connectivity index (χ0v) is 18.9. The van der Waals surface area contributed by atoms with E-state index in [2.05, 4.69) is 10.5 Å². The second-order valence-electron chi connectivity index (χ2n) is 7.20. The predicted octanol–water partition coefficient (Wildman–Crippen LogP) is 4.74. The third kappa shape index (κ3) is 6.80. The summed E-state index contributed by atoms with van der Waals surface area (Å²) in [4.78, 5) is 22.7. The van der Waals surface area contributed by atoms with Gasteiger partial charge in [-0.3, -0.25) is 14.9 Å². The molecule has 34 heavy (non-hydrogen) atoms. The molecule has 3 aromatic carbocycles. The van der Waals surface area contributed by atoms with Crippen LogP contribution in [0.2, 0.25) is 0 Å². The summed E-state index contributed by atoms with van der Waals surface area (Å²) in [5, 5.41) is 14.8. The van der Waals surface area contributed by atoms with Crippen molar-refractivity contribution < 1.29 is 23.9 Å². The number of carbonyl (C=O) groups excluding carboxylic acids is 1. The molecule has 176 valence electrons. The average Bonchev–Trinajstić information content (AvgIpc) is 2.86. The number of nitro benzene ring substituents is 1. The summed E-state index contributed by atoms with van der Waals surface area (Å²) in [5.74, 6) is 1.26. The molecule has 0 atom stereocenters. The van der Waals surface area contributed by atoms with Gasteiger partial charge in [-0.25, -0.2) is 5.43 Å². The van der Waals surface area contributed by atoms with Gasteiger partial charge in [0.25, 0.3) is 11.6 Å². The standard InChI is InChI=1S/C25H25N3O6/c1-3-13-33-23-12-9-20(15-24(23)32-2)25(29)27-26-16-19-5-4-6-22(14-19)34-17-18-7-10-21(11-8-18)28(30)31/h4-12,14-16H,3,13,17H2,1-2H3,(H,27,29)/b26-16+. The van der Waals surface area contributed by atoms with E-state index in [-0.39, 0.29) is 18.2 Å². The Morgan fingerprint density at radius 1 is 1.06 bits per heavy atom. The van der Waals surface area contributed by atoms with Crippen LogP contribution in [0.3, 0.4) is 0 Å². The SMILES string of the molecule is CCCOc1ccc(C(=O)N/N=C/c2cccc(OCc3ccc([N+](=O)[O-])cc3)c2)cc1OC. The lowest BCUT2D eigenvalue weighted by atomic mass is 10.2. The van der Waals surface area contributed by atoms with Crippen molar-refractivity contribution in [3.63, 3.8) is 0 Å². The number of nitrogens with zero attached hydrogens (tertiary/aromatic N) is 2. The number of benzene rings is 3. The summed E-state index contributed by atoms with van der Waals surface area (Å²) in [6.45, 7) is 2.82. The van der Waals surface area contributed by atoms with Crippen LogP contribution < -0.4 is 19.6 Å². The van der Waals surface area contributed by atoms with Gasteiger partial charge >= 0.3 is 0 Å². The number of carbonyl (C=O) groups is 1. The van der Waals surface area contributed by atoms with Crippen LogP contribution in [0.15, 0.2) is 71.8 Å². The van der Waals surface area contributed by atoms with Gasteiger partial charge in [0.2, 0.25) is 0 Å². The minimum absolute atomic E-state index is 0.0308. The van der Waals surface area contributed by atoms with E-state index in [1.165, 1.54) is 25.5 Å². The highest BCUT2D eigenvalue weighted by Crippen LogP contribution is 2.28. The van der Waals surface area contributed by atoms with E-state index in [9.17, 15) is 14.9 Å². The Hall–Kier alpha value is -4.40. The van der Waals surface area contributed by atoms with Gasteiger partial charge in [-0.05, 0) is 60.0 Å². The predicted molar refractivity (Wildman–Crippen MR) is 128 cm³/mol. The van der Waals surface area contributed by atoms with Gasteiger partial charge in [0.15, 0.2) is 11.5 Å². The normalized spacial score (nSPS) is 10.6. The largest absolute Gasteiger partial charge is 0.493 e. The maximum absolute atomic E-state index is 12.4. The van der Waals surface area contributed by atoms with Crippen molar-refractivity contribution in [1.82, 2.24) is 5.43 Å². The van der Waals surface area contributed by atoms with E-state index in [0.717, 1.165) is 17.5 Å². The lowest BCUT2D eigenvalue weighted by molar-refractivity contribution is -0.384. The highest BCUT2D eigenvalue weighted by atomic mass is 16.6. The number of non-ortho nitro benzene ring substituents is 1. The summed E-state index contributed by atoms with van der Waals surface area (Å²) in [6.07, 6.45) is 2.37. The molecule has 0 radical (unpaired) electrons. The molecule has 0 aliphatic rings. The Morgan fingerprint density at radius 2 is 1.85 bits per heavy atom. The lowest BCUT2D eigenvalue weighted by Crippen LogP contribution is -2.17. The molecule has 0 bridgehead atoms. The summed E-state index contributed by atoms with van der Waals surface area (Å²) in [7, 11) is 1.52. The number of nitrogens with one attached hydrogen (secondary N) is 1. The molecule has 0 aliphatic heterocycles. The van der Waals surface area contributed by atoms with Crippen LogP contribution in [-0.2, 0) is 6.61 Å². The minimum atomic E-state index is -0.445. The van der Waals surface area contributed by atoms with Crippen LogP contribution in [0.4, 0.5) is 5.69 Å². The fraction of sp³-hybridized carbons (Fsp3) is 0.200. The van der Waals surface area contributed by atoms with Gasteiger partial charge in [0.05, 0.1) is 24.9 Å². The van der Waals surface area contributed by atoms with Crippen LogP contribution in [0.25, 0.3) is 0 Å². The van der Waals surface area contributed by atoms with Crippen LogP contribution in [0.5, 0.6) is 17.2 Å². The van der Waals surface area contributed by atoms with Crippen LogP contribution in [0.1, 0.15) is 34.8 Å². The first-order valence-corrected chi connectivity index (χ1v) is 10.6. The number of ether oxygens (including phenoxy) is 3. The molecule has 0 unspecified atom stereocenters. The molecule has 3 rings (SSSR count). The number of hydrazone groups is 1. The molecule has 0 spiro atoms. The molecule has 0 saturated heterocycles. The van der Waals surface area contributed by atoms with E-state index in [1.807, 2.05) is 13.0 Å². The van der Waals surface area contributed by atoms with Gasteiger partial charge in [-0.15, -0.1) is 0 Å². The summed E-state index contributed by atoms with van der Waals surface area (Å²) in [6, 6.07) is 18.3. The monoisotopic (exact) mass is 463 g/mol. The third-order valence-corrected chi connectivity index (χ3v) is 4.68. The molecule has 0 fully saturated rings. The highest BCUT2D eigenvalue weighted by molar-refractivity contribution is 5.95. The minimum Gasteiger partial charge on any atom is -0.493 e. The fourth-order valence-corrected chi connectivity index (χ4v) is 2.94. The van der Waals surface area contributed by atoms with E-state index < -0.39 is 4.92 Å². The molecular weight excluding hydrogens is 438 g/mol. The summed E-state index contributed by atoms with van der Waals surface area (Å²) >= 11 is 0. The Bertz CT molecular complexity index is 1160. The Kier molecular flexibility index (Phi) is 8.56. The smallest absolute Gasteiger partial charge is 0.271 e. The Labute approximate surface area is 197 Å². The molecule has 9 heteroatoms. The number of amides is 1. The number of hydrogen-bond acceptors (Lipinski definition) is 7. The molecule has 1 amide bonds. The second kappa shape index (κ2) is 12.0. The second-order valence-corrected chi connectivity index (χ2v) is 7.20. The van der Waals surface area contributed by atoms with Crippen molar-refractivity contribution in [2.75, 3.05) is 13.7 Å². The van der Waals surface area contributed by atoms with E-state index >= 15 is 0 Å². The van der Waals surface area contributed by atoms with E-state index in [0.29, 0.717) is 29.4 Å². The number of methoxy groups -OCH3 is 1. The van der Waals surface area contributed by atoms with E-state index in [4.69, 9.17) is 14.2 Å². The van der Waals surface area contributed by atoms with Crippen LogP contribution >= 0.6 is 0 Å². The third-order valence-electron chi connectivity index (χ3n) is 4.68. The molecule has 0 saturated carbocycles. The first-order chi connectivity index (χ1) is 16.5. The first-order valence-electron chi connectivity index (χ1n) is 10.6. The number of nitro groups is 1. The zero-order valence-electron chi connectivity index (χ0n) is 18.9. The zero-order chi connectivity index (χ0) is 24.3. The Balaban J connectivity index is 1.57. The summed E-state index contributed by atoms with van der Waals surface area (Å²) in [5.41, 5.74) is 4.44. The topological polar surface area (TPSA) is 112 Å². The Morgan fingerprint density at radius 3 is 2.56 bits per heavy atom. The number of hydrogen-bond donors (Lipinski definition) is 1. The molecule has 3 aromatic rings. The maximum Gasteiger partial charge on any atom is 0.271 e. The first kappa shape index (κ1) is 24.2. The summed E-state index contributed by atoms with van der Waals surface area (Å²) < 4.78 is 16.7. The van der Waals surface area contributed by atoms with Crippen molar-refractivity contribution in [3.05, 3.63) is 93.5 Å². The van der Waals surface area contributed by atoms with Crippen molar-refractivity contribution in [2.45, 2.75) is 20.0 Å². The van der Waals surface area contributed by atoms with Gasteiger partial charge in [0.1, 0.15) is 12.4 Å². The van der Waals surface area contributed by atoms with Gasteiger partial charge in [-0.1, -0.05) is 19.1 Å². The van der Waals surface area contributed by atoms with Crippen LogP contribution in [0, 0.1) is 10.1 Å². The molecule has 0 aliphatic carbocycles. The molecule has 1 N–H and O–H groups in total. The quantitative estimate of drug-likeness (QED) is 0.250. The average molecular weight is 463 g/mol. The number of rotatable bonds is 11. The van der Waals surface area contributed by atoms with E-state index in [1.54, 1.807) is 48.5 Å². The maximum atomic E-state index is 12.4. The molecule has 9 nitrogen and oxygen atoms in total. The van der Waals surface area contributed by atoms with Crippen LogP contribution in [-0.4, -0.2) is 30.8 Å². The van der Waals surface area contributed by atoms with Gasteiger partial charge in [-0.2, -0.15) is 5.10 Å². The molecular formula is C25H25N3O6. The van der Waals surface area contributed by atoms with Crippen molar-refractivity contribution in [1.29, 1.82) is 0 Å². The van der Waals surface area contributed by atoms with Crippen molar-refractivity contribution in [2.24, 2.45) is 5.10 Å². The molecule has 0 aromatic heterocycles. The lowest BCUT2D eigenvalue weighted by Gasteiger charge is -2.11. The fourth-order valence-electron chi connectivity index (χ4n) is 2.94. The van der Waals surface area contributed by atoms with Gasteiger partial charge in [0, 0.05) is 17.7 Å². The highest BCUT2D eigenvalue weighted by Gasteiger charge is 2.11. The van der Waals surface area contributed by atoms with Crippen molar-refractivity contribution >= 4 is 17.8 Å².